The van der Waals surface area contributed by atoms with Gasteiger partial charge in [-0.1, -0.05) is 30.3 Å². The second-order valence-corrected chi connectivity index (χ2v) is 6.15. The van der Waals surface area contributed by atoms with Crippen molar-refractivity contribution in [1.82, 2.24) is 15.2 Å². The molecule has 22 heavy (non-hydrogen) atoms. The van der Waals surface area contributed by atoms with E-state index in [-0.39, 0.29) is 5.91 Å². The van der Waals surface area contributed by atoms with Gasteiger partial charge in [-0.05, 0) is 0 Å². The molecule has 0 atom stereocenters. The van der Waals surface area contributed by atoms with E-state index >= 15 is 0 Å². The third kappa shape index (κ3) is 4.13. The van der Waals surface area contributed by atoms with Crippen molar-refractivity contribution in [1.29, 1.82) is 0 Å². The van der Waals surface area contributed by atoms with Gasteiger partial charge in [-0.2, -0.15) is 0 Å². The van der Waals surface area contributed by atoms with Crippen LogP contribution in [0, 0.1) is 0 Å². The summed E-state index contributed by atoms with van der Waals surface area (Å²) in [6, 6.07) is 9.99. The minimum Gasteiger partial charge on any atom is -0.314 e. The van der Waals surface area contributed by atoms with Gasteiger partial charge in [-0.15, -0.1) is 11.3 Å². The lowest BCUT2D eigenvalue weighted by Crippen LogP contribution is -2.44. The Morgan fingerprint density at radius 3 is 2.82 bits per heavy atom. The Hall–Kier alpha value is -1.76. The number of amides is 1. The van der Waals surface area contributed by atoms with E-state index in [0.717, 1.165) is 44.0 Å². The Kier molecular flexibility index (Phi) is 5.15. The van der Waals surface area contributed by atoms with Crippen molar-refractivity contribution in [2.75, 3.05) is 38.0 Å². The number of hydrogen-bond donors (Lipinski definition) is 2. The molecule has 0 unspecified atom stereocenters. The number of piperazine rings is 1. The summed E-state index contributed by atoms with van der Waals surface area (Å²) in [5, 5.41) is 8.85. The van der Waals surface area contributed by atoms with Crippen LogP contribution in [0.4, 0.5) is 5.13 Å². The average molecular weight is 316 g/mol. The topological polar surface area (TPSA) is 57.3 Å². The molecule has 2 heterocycles. The Bertz CT molecular complexity index is 608. The summed E-state index contributed by atoms with van der Waals surface area (Å²) in [5.41, 5.74) is 1.98. The molecule has 116 valence electrons. The highest BCUT2D eigenvalue weighted by Gasteiger charge is 2.12. The first-order valence-corrected chi connectivity index (χ1v) is 8.43. The molecule has 2 aromatic rings. The number of carbonyl (C=O) groups excluding carboxylic acids is 1. The summed E-state index contributed by atoms with van der Waals surface area (Å²) in [6.07, 6.45) is 0.514. The van der Waals surface area contributed by atoms with Crippen LogP contribution in [0.5, 0.6) is 0 Å². The predicted octanol–water partition coefficient (Wildman–Crippen LogP) is 2.04. The Morgan fingerprint density at radius 1 is 1.27 bits per heavy atom. The zero-order valence-corrected chi connectivity index (χ0v) is 13.2. The Balaban J connectivity index is 1.50. The number of carbonyl (C=O) groups is 1. The van der Waals surface area contributed by atoms with E-state index in [1.54, 1.807) is 0 Å². The van der Waals surface area contributed by atoms with Crippen LogP contribution in [0.15, 0.2) is 35.7 Å². The molecule has 1 aromatic heterocycles. The van der Waals surface area contributed by atoms with E-state index in [1.165, 1.54) is 11.3 Å². The highest BCUT2D eigenvalue weighted by molar-refractivity contribution is 7.14. The van der Waals surface area contributed by atoms with E-state index in [0.29, 0.717) is 11.6 Å². The summed E-state index contributed by atoms with van der Waals surface area (Å²) in [5.74, 6) is 0.0347. The lowest BCUT2D eigenvalue weighted by Gasteiger charge is -2.26. The zero-order chi connectivity index (χ0) is 15.2. The number of benzene rings is 1. The number of nitrogens with zero attached hydrogens (tertiary/aromatic N) is 2. The SMILES string of the molecule is O=C(CCN1CCNCC1)Nc1nc(-c2ccccc2)cs1. The molecule has 1 saturated heterocycles. The molecule has 6 heteroatoms. The van der Waals surface area contributed by atoms with Gasteiger partial charge in [0.2, 0.25) is 5.91 Å². The lowest BCUT2D eigenvalue weighted by molar-refractivity contribution is -0.116. The molecular weight excluding hydrogens is 296 g/mol. The number of anilines is 1. The number of nitrogens with one attached hydrogen (secondary N) is 2. The highest BCUT2D eigenvalue weighted by Crippen LogP contribution is 2.24. The monoisotopic (exact) mass is 316 g/mol. The van der Waals surface area contributed by atoms with Gasteiger partial charge in [-0.3, -0.25) is 4.79 Å². The largest absolute Gasteiger partial charge is 0.314 e. The van der Waals surface area contributed by atoms with E-state index in [9.17, 15) is 4.79 Å². The first-order chi connectivity index (χ1) is 10.8. The van der Waals surface area contributed by atoms with E-state index in [2.05, 4.69) is 20.5 Å². The van der Waals surface area contributed by atoms with Crippen LogP contribution in [0.2, 0.25) is 0 Å². The van der Waals surface area contributed by atoms with Crippen LogP contribution in [0.25, 0.3) is 11.3 Å². The van der Waals surface area contributed by atoms with Crippen molar-refractivity contribution in [3.63, 3.8) is 0 Å². The van der Waals surface area contributed by atoms with Gasteiger partial charge in [0, 0.05) is 50.1 Å². The average Bonchev–Trinajstić information content (AvgIpc) is 3.03. The quantitative estimate of drug-likeness (QED) is 0.886. The maximum atomic E-state index is 12.0. The third-order valence-corrected chi connectivity index (χ3v) is 4.44. The first kappa shape index (κ1) is 15.1. The van der Waals surface area contributed by atoms with Gasteiger partial charge in [0.05, 0.1) is 5.69 Å². The highest BCUT2D eigenvalue weighted by atomic mass is 32.1. The molecule has 0 spiro atoms. The molecule has 1 amide bonds. The van der Waals surface area contributed by atoms with Crippen molar-refractivity contribution < 1.29 is 4.79 Å². The molecule has 3 rings (SSSR count). The standard InChI is InChI=1S/C16H20N4OS/c21-15(6-9-20-10-7-17-8-11-20)19-16-18-14(12-22-16)13-4-2-1-3-5-13/h1-5,12,17H,6-11H2,(H,18,19,21). The minimum absolute atomic E-state index is 0.0347. The first-order valence-electron chi connectivity index (χ1n) is 7.55. The molecular formula is C16H20N4OS. The number of thiazole rings is 1. The third-order valence-electron chi connectivity index (χ3n) is 3.68. The molecule has 1 aliphatic rings. The molecule has 5 nitrogen and oxygen atoms in total. The Labute approximate surface area is 134 Å². The lowest BCUT2D eigenvalue weighted by atomic mass is 10.2. The van der Waals surface area contributed by atoms with Gasteiger partial charge < -0.3 is 15.5 Å². The van der Waals surface area contributed by atoms with Gasteiger partial charge in [-0.25, -0.2) is 4.98 Å². The summed E-state index contributed by atoms with van der Waals surface area (Å²) >= 11 is 1.47. The van der Waals surface area contributed by atoms with Crippen molar-refractivity contribution in [2.24, 2.45) is 0 Å². The number of aromatic nitrogens is 1. The summed E-state index contributed by atoms with van der Waals surface area (Å²) in [4.78, 5) is 18.8. The zero-order valence-electron chi connectivity index (χ0n) is 12.4. The second kappa shape index (κ2) is 7.49. The fraction of sp³-hybridized carbons (Fsp3) is 0.375. The van der Waals surface area contributed by atoms with Crippen LogP contribution >= 0.6 is 11.3 Å². The summed E-state index contributed by atoms with van der Waals surface area (Å²) in [6.45, 7) is 4.86. The maximum Gasteiger partial charge on any atom is 0.227 e. The molecule has 1 aliphatic heterocycles. The predicted molar refractivity (Wildman–Crippen MR) is 90.1 cm³/mol. The van der Waals surface area contributed by atoms with Crippen LogP contribution in [-0.4, -0.2) is 48.5 Å². The van der Waals surface area contributed by atoms with Crippen LogP contribution < -0.4 is 10.6 Å². The normalized spacial score (nSPS) is 15.6. The van der Waals surface area contributed by atoms with Crippen LogP contribution in [0.1, 0.15) is 6.42 Å². The molecule has 0 saturated carbocycles. The van der Waals surface area contributed by atoms with Crippen LogP contribution in [0.3, 0.4) is 0 Å². The van der Waals surface area contributed by atoms with E-state index in [4.69, 9.17) is 0 Å². The molecule has 0 radical (unpaired) electrons. The molecule has 0 bridgehead atoms. The van der Waals surface area contributed by atoms with Crippen molar-refractivity contribution in [2.45, 2.75) is 6.42 Å². The van der Waals surface area contributed by atoms with Crippen LogP contribution in [-0.2, 0) is 4.79 Å². The molecule has 2 N–H and O–H groups in total. The van der Waals surface area contributed by atoms with Gasteiger partial charge >= 0.3 is 0 Å². The summed E-state index contributed by atoms with van der Waals surface area (Å²) in [7, 11) is 0. The van der Waals surface area contributed by atoms with Crippen molar-refractivity contribution in [3.05, 3.63) is 35.7 Å². The number of rotatable bonds is 5. The maximum absolute atomic E-state index is 12.0. The Morgan fingerprint density at radius 2 is 2.05 bits per heavy atom. The number of hydrogen-bond acceptors (Lipinski definition) is 5. The van der Waals surface area contributed by atoms with E-state index < -0.39 is 0 Å². The fourth-order valence-corrected chi connectivity index (χ4v) is 3.18. The minimum atomic E-state index is 0.0347. The van der Waals surface area contributed by atoms with E-state index in [1.807, 2.05) is 35.7 Å². The second-order valence-electron chi connectivity index (χ2n) is 5.29. The van der Waals surface area contributed by atoms with Gasteiger partial charge in [0.1, 0.15) is 0 Å². The smallest absolute Gasteiger partial charge is 0.227 e. The van der Waals surface area contributed by atoms with Crippen molar-refractivity contribution in [3.8, 4) is 11.3 Å². The molecule has 1 fully saturated rings. The van der Waals surface area contributed by atoms with Gasteiger partial charge in [0.15, 0.2) is 5.13 Å². The van der Waals surface area contributed by atoms with Gasteiger partial charge in [0.25, 0.3) is 0 Å². The summed E-state index contributed by atoms with van der Waals surface area (Å²) < 4.78 is 0. The molecule has 1 aromatic carbocycles. The molecule has 0 aliphatic carbocycles. The van der Waals surface area contributed by atoms with Crippen molar-refractivity contribution >= 4 is 22.4 Å². The fourth-order valence-electron chi connectivity index (χ4n) is 2.45.